The Kier molecular flexibility index (Phi) is 5.43. The molecule has 0 aromatic heterocycles. The third-order valence-corrected chi connectivity index (χ3v) is 3.79. The Hall–Kier alpha value is -1.32. The molecule has 0 spiro atoms. The number of nitrogens with two attached hydrogens (primary N) is 1. The molecule has 0 fully saturated rings. The maximum absolute atomic E-state index is 5.79. The second kappa shape index (κ2) is 7.31. The minimum absolute atomic E-state index is 0.105. The van der Waals surface area contributed by atoms with Gasteiger partial charge in [0.1, 0.15) is 5.75 Å². The van der Waals surface area contributed by atoms with Gasteiger partial charge in [0, 0.05) is 0 Å². The van der Waals surface area contributed by atoms with Crippen molar-refractivity contribution >= 4 is 0 Å². The van der Waals surface area contributed by atoms with Crippen LogP contribution >= 0.6 is 0 Å². The third-order valence-electron chi connectivity index (χ3n) is 3.79. The standard InChI is InChI=1S/C16H24N2O/c1-19-15-11-7-10-14(12-15)16(18-17)13-8-5-3-2-4-6-9-13/h7-8,10-12,16,18H,2-6,9,17H2,1H3/b13-8+. The minimum atomic E-state index is 0.105. The number of allylic oxidation sites excluding steroid dienone is 1. The van der Waals surface area contributed by atoms with E-state index in [4.69, 9.17) is 10.6 Å². The van der Waals surface area contributed by atoms with Gasteiger partial charge in [-0.05, 0) is 43.4 Å². The molecule has 3 N–H and O–H groups in total. The summed E-state index contributed by atoms with van der Waals surface area (Å²) < 4.78 is 5.29. The monoisotopic (exact) mass is 260 g/mol. The summed E-state index contributed by atoms with van der Waals surface area (Å²) in [6.45, 7) is 0. The van der Waals surface area contributed by atoms with E-state index in [1.807, 2.05) is 12.1 Å². The molecule has 1 aliphatic carbocycles. The van der Waals surface area contributed by atoms with Gasteiger partial charge < -0.3 is 4.74 Å². The highest BCUT2D eigenvalue weighted by Gasteiger charge is 2.16. The van der Waals surface area contributed by atoms with E-state index < -0.39 is 0 Å². The van der Waals surface area contributed by atoms with Gasteiger partial charge in [-0.1, -0.05) is 36.6 Å². The molecule has 1 aromatic rings. The quantitative estimate of drug-likeness (QED) is 0.495. The highest BCUT2D eigenvalue weighted by Crippen LogP contribution is 2.29. The summed E-state index contributed by atoms with van der Waals surface area (Å²) in [6.07, 6.45) is 9.88. The summed E-state index contributed by atoms with van der Waals surface area (Å²) >= 11 is 0. The van der Waals surface area contributed by atoms with Crippen LogP contribution in [0.2, 0.25) is 0 Å². The molecule has 1 atom stereocenters. The Bertz CT molecular complexity index is 429. The fourth-order valence-corrected chi connectivity index (χ4v) is 2.72. The number of rotatable bonds is 4. The predicted octanol–water partition coefficient (Wildman–Crippen LogP) is 3.48. The van der Waals surface area contributed by atoms with Gasteiger partial charge in [0.2, 0.25) is 0 Å². The van der Waals surface area contributed by atoms with Crippen molar-refractivity contribution in [3.8, 4) is 5.75 Å². The van der Waals surface area contributed by atoms with Gasteiger partial charge in [0.15, 0.2) is 0 Å². The first-order chi connectivity index (χ1) is 9.35. The average Bonchev–Trinajstić information content (AvgIpc) is 2.42. The zero-order valence-corrected chi connectivity index (χ0v) is 11.7. The SMILES string of the molecule is COc1cccc(C(NN)/C2=C/CCCCCC2)c1. The van der Waals surface area contributed by atoms with Gasteiger partial charge >= 0.3 is 0 Å². The van der Waals surface area contributed by atoms with Crippen LogP contribution < -0.4 is 16.0 Å². The van der Waals surface area contributed by atoms with E-state index in [1.54, 1.807) is 7.11 Å². The molecular weight excluding hydrogens is 236 g/mol. The Balaban J connectivity index is 2.21. The van der Waals surface area contributed by atoms with Crippen LogP contribution in [0.4, 0.5) is 0 Å². The van der Waals surface area contributed by atoms with E-state index in [0.717, 1.165) is 18.6 Å². The van der Waals surface area contributed by atoms with Crippen LogP contribution in [0.3, 0.4) is 0 Å². The molecule has 2 rings (SSSR count). The van der Waals surface area contributed by atoms with Crippen molar-refractivity contribution in [3.63, 3.8) is 0 Å². The number of hydrogen-bond acceptors (Lipinski definition) is 3. The molecule has 19 heavy (non-hydrogen) atoms. The van der Waals surface area contributed by atoms with Gasteiger partial charge in [0.05, 0.1) is 13.2 Å². The topological polar surface area (TPSA) is 47.3 Å². The zero-order valence-electron chi connectivity index (χ0n) is 11.7. The first kappa shape index (κ1) is 14.1. The molecule has 1 unspecified atom stereocenters. The van der Waals surface area contributed by atoms with Crippen molar-refractivity contribution in [3.05, 3.63) is 41.5 Å². The van der Waals surface area contributed by atoms with E-state index in [2.05, 4.69) is 23.6 Å². The predicted molar refractivity (Wildman–Crippen MR) is 78.8 cm³/mol. The van der Waals surface area contributed by atoms with E-state index in [9.17, 15) is 0 Å². The van der Waals surface area contributed by atoms with Crippen LogP contribution in [0.25, 0.3) is 0 Å². The highest BCUT2D eigenvalue weighted by atomic mass is 16.5. The summed E-state index contributed by atoms with van der Waals surface area (Å²) in [5, 5.41) is 0. The van der Waals surface area contributed by atoms with Gasteiger partial charge in [0.25, 0.3) is 0 Å². The largest absolute Gasteiger partial charge is 0.497 e. The lowest BCUT2D eigenvalue weighted by Gasteiger charge is -2.22. The van der Waals surface area contributed by atoms with Crippen LogP contribution in [0, 0.1) is 0 Å². The number of nitrogens with one attached hydrogen (secondary N) is 1. The van der Waals surface area contributed by atoms with Crippen molar-refractivity contribution in [2.45, 2.75) is 44.6 Å². The van der Waals surface area contributed by atoms with Crippen molar-refractivity contribution in [2.24, 2.45) is 5.84 Å². The Morgan fingerprint density at radius 1 is 1.21 bits per heavy atom. The first-order valence-electron chi connectivity index (χ1n) is 7.14. The first-order valence-corrected chi connectivity index (χ1v) is 7.14. The molecule has 0 heterocycles. The maximum Gasteiger partial charge on any atom is 0.119 e. The molecule has 0 bridgehead atoms. The van der Waals surface area contributed by atoms with Crippen molar-refractivity contribution < 1.29 is 4.74 Å². The maximum atomic E-state index is 5.79. The van der Waals surface area contributed by atoms with E-state index >= 15 is 0 Å². The van der Waals surface area contributed by atoms with Crippen molar-refractivity contribution in [2.75, 3.05) is 7.11 Å². The third kappa shape index (κ3) is 3.82. The smallest absolute Gasteiger partial charge is 0.119 e. The molecule has 104 valence electrons. The van der Waals surface area contributed by atoms with Gasteiger partial charge in [-0.2, -0.15) is 0 Å². The molecule has 0 saturated carbocycles. The number of methoxy groups -OCH3 is 1. The number of hydrazine groups is 1. The van der Waals surface area contributed by atoms with Gasteiger partial charge in [-0.25, -0.2) is 5.43 Å². The number of benzene rings is 1. The number of hydrogen-bond donors (Lipinski definition) is 2. The summed E-state index contributed by atoms with van der Waals surface area (Å²) in [5.41, 5.74) is 5.55. The Morgan fingerprint density at radius 2 is 2.05 bits per heavy atom. The Labute approximate surface area is 115 Å². The van der Waals surface area contributed by atoms with Crippen molar-refractivity contribution in [1.29, 1.82) is 0 Å². The molecule has 0 aliphatic heterocycles. The summed E-state index contributed by atoms with van der Waals surface area (Å²) in [4.78, 5) is 0. The van der Waals surface area contributed by atoms with Crippen molar-refractivity contribution in [1.82, 2.24) is 5.43 Å². The highest BCUT2D eigenvalue weighted by molar-refractivity contribution is 5.35. The van der Waals surface area contributed by atoms with Gasteiger partial charge in [-0.15, -0.1) is 0 Å². The molecule has 3 nitrogen and oxygen atoms in total. The molecule has 0 radical (unpaired) electrons. The summed E-state index contributed by atoms with van der Waals surface area (Å²) in [5.74, 6) is 6.66. The van der Waals surface area contributed by atoms with Gasteiger partial charge in [-0.3, -0.25) is 5.84 Å². The number of ether oxygens (including phenoxy) is 1. The second-order valence-electron chi connectivity index (χ2n) is 5.11. The molecular formula is C16H24N2O. The molecule has 1 aromatic carbocycles. The molecule has 0 amide bonds. The van der Waals surface area contributed by atoms with E-state index in [-0.39, 0.29) is 6.04 Å². The lowest BCUT2D eigenvalue weighted by Crippen LogP contribution is -2.29. The second-order valence-corrected chi connectivity index (χ2v) is 5.11. The van der Waals surface area contributed by atoms with Crippen LogP contribution in [0.5, 0.6) is 5.75 Å². The minimum Gasteiger partial charge on any atom is -0.497 e. The van der Waals surface area contributed by atoms with Crippen LogP contribution in [0.1, 0.15) is 50.1 Å². The van der Waals surface area contributed by atoms with Crippen LogP contribution in [-0.4, -0.2) is 7.11 Å². The zero-order chi connectivity index (χ0) is 13.5. The van der Waals surface area contributed by atoms with Crippen LogP contribution in [0.15, 0.2) is 35.9 Å². The summed E-state index contributed by atoms with van der Waals surface area (Å²) in [6, 6.07) is 8.25. The molecule has 1 aliphatic rings. The van der Waals surface area contributed by atoms with E-state index in [1.165, 1.54) is 36.8 Å². The fourth-order valence-electron chi connectivity index (χ4n) is 2.72. The Morgan fingerprint density at radius 3 is 2.84 bits per heavy atom. The van der Waals surface area contributed by atoms with Crippen LogP contribution in [-0.2, 0) is 0 Å². The molecule has 3 heteroatoms. The lowest BCUT2D eigenvalue weighted by atomic mass is 9.91. The lowest BCUT2D eigenvalue weighted by molar-refractivity contribution is 0.413. The average molecular weight is 260 g/mol. The molecule has 0 saturated heterocycles. The summed E-state index contributed by atoms with van der Waals surface area (Å²) in [7, 11) is 1.69. The fraction of sp³-hybridized carbons (Fsp3) is 0.500. The van der Waals surface area contributed by atoms with E-state index in [0.29, 0.717) is 0 Å². The normalized spacial score (nSPS) is 20.8.